The highest BCUT2D eigenvalue weighted by molar-refractivity contribution is 7.19. The van der Waals surface area contributed by atoms with Crippen molar-refractivity contribution < 1.29 is 14.3 Å². The Kier molecular flexibility index (Phi) is 6.32. The average Bonchev–Trinajstić information content (AvgIpc) is 3.30. The number of hydrogen-bond acceptors (Lipinski definition) is 6. The van der Waals surface area contributed by atoms with Crippen molar-refractivity contribution in [1.82, 2.24) is 14.3 Å². The monoisotopic (exact) mass is 465 g/mol. The summed E-state index contributed by atoms with van der Waals surface area (Å²) in [6.45, 7) is 2.07. The van der Waals surface area contributed by atoms with Crippen LogP contribution in [0.2, 0.25) is 0 Å². The fourth-order valence-electron chi connectivity index (χ4n) is 3.52. The smallest absolute Gasteiger partial charge is 0.336 e. The van der Waals surface area contributed by atoms with Crippen molar-refractivity contribution in [3.63, 3.8) is 0 Å². The summed E-state index contributed by atoms with van der Waals surface area (Å²) in [5.74, 6) is 1.02. The number of nitrogens with one attached hydrogen (secondary N) is 1. The van der Waals surface area contributed by atoms with Gasteiger partial charge in [0.2, 0.25) is 0 Å². The molecule has 0 aliphatic rings. The van der Waals surface area contributed by atoms with Gasteiger partial charge in [-0.05, 0) is 42.3 Å². The summed E-state index contributed by atoms with van der Waals surface area (Å²) in [5, 5.41) is 2.85. The number of carbonyl (C=O) groups is 1. The van der Waals surface area contributed by atoms with Gasteiger partial charge in [0.25, 0.3) is 11.5 Å². The molecule has 0 spiro atoms. The van der Waals surface area contributed by atoms with Crippen LogP contribution in [-0.4, -0.2) is 29.1 Å². The Morgan fingerprint density at radius 2 is 1.64 bits per heavy atom. The molecule has 1 amide bonds. The predicted molar refractivity (Wildman–Crippen MR) is 127 cm³/mol. The van der Waals surface area contributed by atoms with Gasteiger partial charge in [0.1, 0.15) is 21.2 Å². The Morgan fingerprint density at radius 1 is 1.00 bits per heavy atom. The number of ether oxygens (including phenoxy) is 2. The van der Waals surface area contributed by atoms with Crippen LogP contribution in [0.25, 0.3) is 4.83 Å². The summed E-state index contributed by atoms with van der Waals surface area (Å²) < 4.78 is 13.0. The third-order valence-corrected chi connectivity index (χ3v) is 6.49. The SMILES string of the molecule is COc1cccc(CNC(=O)c2cn3c(=O)n(Cc4cccc(OC)c4)c(=O)c(C)c3s2)c1. The minimum Gasteiger partial charge on any atom is -0.497 e. The first-order valence-corrected chi connectivity index (χ1v) is 11.0. The van der Waals surface area contributed by atoms with Gasteiger partial charge in [-0.1, -0.05) is 24.3 Å². The quantitative estimate of drug-likeness (QED) is 0.453. The number of nitrogens with zero attached hydrogens (tertiary/aromatic N) is 2. The largest absolute Gasteiger partial charge is 0.497 e. The normalized spacial score (nSPS) is 10.9. The summed E-state index contributed by atoms with van der Waals surface area (Å²) in [7, 11) is 3.14. The van der Waals surface area contributed by atoms with Crippen LogP contribution in [0.15, 0.2) is 64.3 Å². The van der Waals surface area contributed by atoms with E-state index in [1.165, 1.54) is 15.2 Å². The summed E-state index contributed by atoms with van der Waals surface area (Å²) in [6, 6.07) is 14.6. The maximum atomic E-state index is 13.1. The average molecular weight is 466 g/mol. The van der Waals surface area contributed by atoms with Crippen LogP contribution in [0.1, 0.15) is 26.4 Å². The number of hydrogen-bond donors (Lipinski definition) is 1. The van der Waals surface area contributed by atoms with Crippen molar-refractivity contribution in [2.24, 2.45) is 0 Å². The number of aryl methyl sites for hydroxylation is 1. The highest BCUT2D eigenvalue weighted by Gasteiger charge is 2.18. The van der Waals surface area contributed by atoms with Crippen molar-refractivity contribution in [2.45, 2.75) is 20.0 Å². The lowest BCUT2D eigenvalue weighted by molar-refractivity contribution is 0.0954. The number of rotatable bonds is 7. The van der Waals surface area contributed by atoms with Crippen molar-refractivity contribution in [2.75, 3.05) is 14.2 Å². The van der Waals surface area contributed by atoms with E-state index >= 15 is 0 Å². The molecule has 0 unspecified atom stereocenters. The van der Waals surface area contributed by atoms with E-state index in [4.69, 9.17) is 9.47 Å². The zero-order valence-corrected chi connectivity index (χ0v) is 19.3. The molecule has 0 aliphatic carbocycles. The van der Waals surface area contributed by atoms with Crippen molar-refractivity contribution >= 4 is 22.1 Å². The highest BCUT2D eigenvalue weighted by Crippen LogP contribution is 2.19. The lowest BCUT2D eigenvalue weighted by Crippen LogP contribution is -2.38. The van der Waals surface area contributed by atoms with Gasteiger partial charge in [-0.3, -0.25) is 18.6 Å². The van der Waals surface area contributed by atoms with Gasteiger partial charge in [-0.25, -0.2) is 4.79 Å². The molecule has 8 nitrogen and oxygen atoms in total. The molecule has 0 atom stereocenters. The number of amides is 1. The van der Waals surface area contributed by atoms with Crippen LogP contribution in [0.4, 0.5) is 0 Å². The summed E-state index contributed by atoms with van der Waals surface area (Å²) in [5.41, 5.74) is 1.18. The summed E-state index contributed by atoms with van der Waals surface area (Å²) in [6.07, 6.45) is 1.48. The van der Waals surface area contributed by atoms with Gasteiger partial charge in [0.05, 0.1) is 20.8 Å². The van der Waals surface area contributed by atoms with E-state index in [1.807, 2.05) is 30.3 Å². The Hall–Kier alpha value is -3.85. The van der Waals surface area contributed by atoms with Crippen LogP contribution in [-0.2, 0) is 13.1 Å². The molecule has 0 aliphatic heterocycles. The van der Waals surface area contributed by atoms with Crippen LogP contribution < -0.4 is 26.0 Å². The second-order valence-corrected chi connectivity index (χ2v) is 8.49. The fourth-order valence-corrected chi connectivity index (χ4v) is 4.52. The molecule has 2 aromatic carbocycles. The first-order chi connectivity index (χ1) is 15.9. The zero-order chi connectivity index (χ0) is 23.5. The van der Waals surface area contributed by atoms with Crippen molar-refractivity contribution in [3.8, 4) is 11.5 Å². The summed E-state index contributed by atoms with van der Waals surface area (Å²) in [4.78, 5) is 39.6. The Bertz CT molecular complexity index is 1450. The van der Waals surface area contributed by atoms with Gasteiger partial charge in [0.15, 0.2) is 0 Å². The third kappa shape index (κ3) is 4.54. The highest BCUT2D eigenvalue weighted by atomic mass is 32.1. The number of carbonyl (C=O) groups excluding carboxylic acids is 1. The number of thiazole rings is 1. The minimum absolute atomic E-state index is 0.103. The van der Waals surface area contributed by atoms with E-state index in [1.54, 1.807) is 39.3 Å². The van der Waals surface area contributed by atoms with Gasteiger partial charge < -0.3 is 14.8 Å². The molecular formula is C24H23N3O5S. The van der Waals surface area contributed by atoms with E-state index in [2.05, 4.69) is 5.32 Å². The second kappa shape index (κ2) is 9.33. The van der Waals surface area contributed by atoms with E-state index in [9.17, 15) is 14.4 Å². The number of benzene rings is 2. The minimum atomic E-state index is -0.494. The topological polar surface area (TPSA) is 91.0 Å². The van der Waals surface area contributed by atoms with Gasteiger partial charge in [-0.2, -0.15) is 0 Å². The molecule has 0 bridgehead atoms. The molecule has 0 saturated heterocycles. The van der Waals surface area contributed by atoms with Gasteiger partial charge >= 0.3 is 5.69 Å². The molecule has 2 aromatic heterocycles. The first-order valence-electron chi connectivity index (χ1n) is 10.2. The lowest BCUT2D eigenvalue weighted by atomic mass is 10.2. The molecule has 1 N–H and O–H groups in total. The van der Waals surface area contributed by atoms with E-state index in [-0.39, 0.29) is 18.0 Å². The predicted octanol–water partition coefficient (Wildman–Crippen LogP) is 2.83. The molecule has 9 heteroatoms. The molecule has 4 aromatic rings. The maximum Gasteiger partial charge on any atom is 0.336 e. The van der Waals surface area contributed by atoms with E-state index in [0.717, 1.165) is 22.5 Å². The third-order valence-electron chi connectivity index (χ3n) is 5.28. The standard InChI is InChI=1S/C24H23N3O5S/c1-15-22(29)26(13-17-7-5-9-19(11-17)32-3)24(30)27-14-20(33-23(15)27)21(28)25-12-16-6-4-8-18(10-16)31-2/h4-11,14H,12-13H2,1-3H3,(H,25,28). The Labute approximate surface area is 193 Å². The molecule has 0 fully saturated rings. The first kappa shape index (κ1) is 22.3. The van der Waals surface area contributed by atoms with Crippen molar-refractivity contribution in [1.29, 1.82) is 0 Å². The molecule has 170 valence electrons. The van der Waals surface area contributed by atoms with Gasteiger partial charge in [0, 0.05) is 18.3 Å². The zero-order valence-electron chi connectivity index (χ0n) is 18.5. The van der Waals surface area contributed by atoms with Gasteiger partial charge in [-0.15, -0.1) is 11.3 Å². The Morgan fingerprint density at radius 3 is 2.30 bits per heavy atom. The molecule has 4 rings (SSSR count). The van der Waals surface area contributed by atoms with Crippen LogP contribution >= 0.6 is 11.3 Å². The Balaban J connectivity index is 1.63. The molecule has 0 saturated carbocycles. The maximum absolute atomic E-state index is 13.1. The number of aromatic nitrogens is 2. The molecule has 0 radical (unpaired) electrons. The van der Waals surface area contributed by atoms with E-state index in [0.29, 0.717) is 33.3 Å². The van der Waals surface area contributed by atoms with E-state index < -0.39 is 5.69 Å². The second-order valence-electron chi connectivity index (χ2n) is 7.46. The molecule has 2 heterocycles. The van der Waals surface area contributed by atoms with Crippen molar-refractivity contribution in [3.05, 3.63) is 97.1 Å². The fraction of sp³-hybridized carbons (Fsp3) is 0.208. The van der Waals surface area contributed by atoms with Crippen LogP contribution in [0.5, 0.6) is 11.5 Å². The molecular weight excluding hydrogens is 442 g/mol. The number of methoxy groups -OCH3 is 2. The molecule has 33 heavy (non-hydrogen) atoms. The van der Waals surface area contributed by atoms with Crippen LogP contribution in [0.3, 0.4) is 0 Å². The number of fused-ring (bicyclic) bond motifs is 1. The lowest BCUT2D eigenvalue weighted by Gasteiger charge is -2.08. The van der Waals surface area contributed by atoms with Crippen LogP contribution in [0, 0.1) is 6.92 Å². The summed E-state index contributed by atoms with van der Waals surface area (Å²) >= 11 is 1.12.